The van der Waals surface area contributed by atoms with Gasteiger partial charge in [0.1, 0.15) is 5.82 Å². The highest BCUT2D eigenvalue weighted by molar-refractivity contribution is 5.71. The Kier molecular flexibility index (Phi) is 2.88. The Bertz CT molecular complexity index is 555. The molecule has 0 aliphatic carbocycles. The zero-order valence-corrected chi connectivity index (χ0v) is 10.8. The van der Waals surface area contributed by atoms with Crippen LogP contribution in [0.25, 0.3) is 11.1 Å². The highest BCUT2D eigenvalue weighted by Gasteiger charge is 2.14. The van der Waals surface area contributed by atoms with Gasteiger partial charge in [0.25, 0.3) is 0 Å². The van der Waals surface area contributed by atoms with Crippen LogP contribution in [0.15, 0.2) is 12.1 Å². The predicted molar refractivity (Wildman–Crippen MR) is 69.8 cm³/mol. The van der Waals surface area contributed by atoms with E-state index >= 15 is 0 Å². The van der Waals surface area contributed by atoms with E-state index in [1.54, 1.807) is 0 Å². The van der Waals surface area contributed by atoms with Crippen molar-refractivity contribution < 1.29 is 0 Å². The molecule has 0 saturated carbocycles. The van der Waals surface area contributed by atoms with Crippen molar-refractivity contribution >= 4 is 5.82 Å². The van der Waals surface area contributed by atoms with Crippen molar-refractivity contribution in [2.75, 3.05) is 5.73 Å². The number of hydrogen-bond donors (Lipinski definition) is 1. The summed E-state index contributed by atoms with van der Waals surface area (Å²) in [6.45, 7) is 9.08. The average Bonchev–Trinajstić information content (AvgIpc) is 2.55. The topological polar surface area (TPSA) is 56.7 Å². The lowest BCUT2D eigenvalue weighted by atomic mass is 10.0. The Hall–Kier alpha value is -1.84. The molecule has 4 nitrogen and oxygen atoms in total. The first-order chi connectivity index (χ1) is 8.04. The van der Waals surface area contributed by atoms with Crippen molar-refractivity contribution in [1.82, 2.24) is 14.8 Å². The number of aromatic nitrogens is 3. The summed E-state index contributed by atoms with van der Waals surface area (Å²) in [5, 5.41) is 4.53. The number of rotatable bonds is 2. The van der Waals surface area contributed by atoms with E-state index in [0.29, 0.717) is 5.82 Å². The van der Waals surface area contributed by atoms with Gasteiger partial charge in [0.15, 0.2) is 0 Å². The van der Waals surface area contributed by atoms with E-state index in [9.17, 15) is 0 Å². The molecule has 2 aromatic rings. The van der Waals surface area contributed by atoms with Crippen molar-refractivity contribution in [3.05, 3.63) is 29.2 Å². The Morgan fingerprint density at radius 2 is 1.88 bits per heavy atom. The van der Waals surface area contributed by atoms with Gasteiger partial charge in [0.05, 0.1) is 5.69 Å². The van der Waals surface area contributed by atoms with Gasteiger partial charge in [0, 0.05) is 29.1 Å². The number of nitrogen functional groups attached to an aromatic ring is 1. The molecule has 2 heterocycles. The SMILES string of the molecule is CCn1nc(C)c(-c2ccc(N)nc2C)c1C. The van der Waals surface area contributed by atoms with Crippen LogP contribution in [0, 0.1) is 20.8 Å². The highest BCUT2D eigenvalue weighted by Crippen LogP contribution is 2.29. The molecule has 0 amide bonds. The van der Waals surface area contributed by atoms with Crippen LogP contribution >= 0.6 is 0 Å². The minimum atomic E-state index is 0.560. The van der Waals surface area contributed by atoms with Crippen molar-refractivity contribution in [1.29, 1.82) is 0 Å². The lowest BCUT2D eigenvalue weighted by Crippen LogP contribution is -1.99. The molecule has 0 saturated heterocycles. The second kappa shape index (κ2) is 4.20. The summed E-state index contributed by atoms with van der Waals surface area (Å²) in [5.74, 6) is 0.560. The summed E-state index contributed by atoms with van der Waals surface area (Å²) in [5.41, 5.74) is 11.1. The number of aryl methyl sites for hydroxylation is 3. The summed E-state index contributed by atoms with van der Waals surface area (Å²) >= 11 is 0. The van der Waals surface area contributed by atoms with Crippen LogP contribution < -0.4 is 5.73 Å². The van der Waals surface area contributed by atoms with Crippen LogP contribution in [0.1, 0.15) is 24.0 Å². The molecule has 90 valence electrons. The maximum Gasteiger partial charge on any atom is 0.123 e. The summed E-state index contributed by atoms with van der Waals surface area (Å²) in [7, 11) is 0. The van der Waals surface area contributed by atoms with Gasteiger partial charge in [-0.1, -0.05) is 0 Å². The molecule has 2 rings (SSSR count). The third-order valence-electron chi connectivity index (χ3n) is 3.06. The molecular weight excluding hydrogens is 212 g/mol. The molecule has 4 heteroatoms. The van der Waals surface area contributed by atoms with E-state index in [1.807, 2.05) is 30.7 Å². The van der Waals surface area contributed by atoms with Crippen molar-refractivity contribution in [2.24, 2.45) is 0 Å². The lowest BCUT2D eigenvalue weighted by molar-refractivity contribution is 0.634. The van der Waals surface area contributed by atoms with Gasteiger partial charge < -0.3 is 5.73 Å². The van der Waals surface area contributed by atoms with Gasteiger partial charge in [-0.15, -0.1) is 0 Å². The fraction of sp³-hybridized carbons (Fsp3) is 0.385. The van der Waals surface area contributed by atoms with Gasteiger partial charge in [0.2, 0.25) is 0 Å². The van der Waals surface area contributed by atoms with Crippen LogP contribution in [0.3, 0.4) is 0 Å². The molecule has 2 aromatic heterocycles. The number of nitrogens with two attached hydrogens (primary N) is 1. The molecular formula is C13H18N4. The van der Waals surface area contributed by atoms with Crippen LogP contribution in [0.4, 0.5) is 5.82 Å². The first-order valence-electron chi connectivity index (χ1n) is 5.82. The highest BCUT2D eigenvalue weighted by atomic mass is 15.3. The van der Waals surface area contributed by atoms with Crippen LogP contribution in [-0.4, -0.2) is 14.8 Å². The van der Waals surface area contributed by atoms with E-state index in [2.05, 4.69) is 23.9 Å². The van der Waals surface area contributed by atoms with Gasteiger partial charge in [-0.3, -0.25) is 4.68 Å². The lowest BCUT2D eigenvalue weighted by Gasteiger charge is -2.07. The molecule has 0 bridgehead atoms. The number of pyridine rings is 1. The fourth-order valence-electron chi connectivity index (χ4n) is 2.24. The molecule has 0 aromatic carbocycles. The third-order valence-corrected chi connectivity index (χ3v) is 3.06. The van der Waals surface area contributed by atoms with E-state index in [0.717, 1.165) is 23.5 Å². The van der Waals surface area contributed by atoms with E-state index < -0.39 is 0 Å². The minimum absolute atomic E-state index is 0.560. The number of nitrogens with zero attached hydrogens (tertiary/aromatic N) is 3. The van der Waals surface area contributed by atoms with Gasteiger partial charge in [-0.2, -0.15) is 5.10 Å². The molecule has 0 radical (unpaired) electrons. The molecule has 0 fully saturated rings. The number of hydrogen-bond acceptors (Lipinski definition) is 3. The molecule has 0 aliphatic rings. The molecule has 0 spiro atoms. The Morgan fingerprint density at radius 3 is 2.41 bits per heavy atom. The number of anilines is 1. The average molecular weight is 230 g/mol. The van der Waals surface area contributed by atoms with Gasteiger partial charge >= 0.3 is 0 Å². The van der Waals surface area contributed by atoms with E-state index in [4.69, 9.17) is 5.73 Å². The van der Waals surface area contributed by atoms with Gasteiger partial charge in [-0.25, -0.2) is 4.98 Å². The second-order valence-corrected chi connectivity index (χ2v) is 4.23. The minimum Gasteiger partial charge on any atom is -0.384 e. The summed E-state index contributed by atoms with van der Waals surface area (Å²) in [4.78, 5) is 4.31. The Morgan fingerprint density at radius 1 is 1.18 bits per heavy atom. The second-order valence-electron chi connectivity index (χ2n) is 4.23. The summed E-state index contributed by atoms with van der Waals surface area (Å²) in [6, 6.07) is 3.86. The maximum atomic E-state index is 5.68. The Balaban J connectivity index is 2.64. The third kappa shape index (κ3) is 1.90. The predicted octanol–water partition coefficient (Wildman–Crippen LogP) is 2.47. The molecule has 0 atom stereocenters. The normalized spacial score (nSPS) is 10.8. The molecule has 17 heavy (non-hydrogen) atoms. The molecule has 2 N–H and O–H groups in total. The largest absolute Gasteiger partial charge is 0.384 e. The summed E-state index contributed by atoms with van der Waals surface area (Å²) < 4.78 is 2.01. The van der Waals surface area contributed by atoms with Crippen LogP contribution in [0.5, 0.6) is 0 Å². The van der Waals surface area contributed by atoms with Crippen molar-refractivity contribution in [2.45, 2.75) is 34.2 Å². The zero-order chi connectivity index (χ0) is 12.6. The van der Waals surface area contributed by atoms with Crippen LogP contribution in [0.2, 0.25) is 0 Å². The first-order valence-corrected chi connectivity index (χ1v) is 5.82. The van der Waals surface area contributed by atoms with Crippen LogP contribution in [-0.2, 0) is 6.54 Å². The van der Waals surface area contributed by atoms with Crippen molar-refractivity contribution in [3.63, 3.8) is 0 Å². The van der Waals surface area contributed by atoms with Crippen molar-refractivity contribution in [3.8, 4) is 11.1 Å². The smallest absolute Gasteiger partial charge is 0.123 e. The standard InChI is InChI=1S/C13H18N4/c1-5-17-10(4)13(9(3)16-17)11-6-7-12(14)15-8(11)2/h6-7H,5H2,1-4H3,(H2,14,15). The van der Waals surface area contributed by atoms with E-state index in [-0.39, 0.29) is 0 Å². The fourth-order valence-corrected chi connectivity index (χ4v) is 2.24. The first kappa shape index (κ1) is 11.6. The Labute approximate surface area is 101 Å². The maximum absolute atomic E-state index is 5.68. The quantitative estimate of drug-likeness (QED) is 0.862. The summed E-state index contributed by atoms with van der Waals surface area (Å²) in [6.07, 6.45) is 0. The van der Waals surface area contributed by atoms with E-state index in [1.165, 1.54) is 11.3 Å². The van der Waals surface area contributed by atoms with Gasteiger partial charge in [-0.05, 0) is 39.8 Å². The zero-order valence-electron chi connectivity index (χ0n) is 10.8. The molecule has 0 unspecified atom stereocenters. The monoisotopic (exact) mass is 230 g/mol. The molecule has 0 aliphatic heterocycles.